The highest BCUT2D eigenvalue weighted by Gasteiger charge is 2.32. The highest BCUT2D eigenvalue weighted by Crippen LogP contribution is 2.38. The molecule has 0 saturated heterocycles. The third kappa shape index (κ3) is 8.22. The first kappa shape index (κ1) is 29.5. The van der Waals surface area contributed by atoms with Crippen molar-refractivity contribution in [3.8, 4) is 0 Å². The molecule has 1 aromatic carbocycles. The van der Waals surface area contributed by atoms with Crippen LogP contribution in [0.2, 0.25) is 0 Å². The molecule has 11 heteroatoms. The van der Waals surface area contributed by atoms with Gasteiger partial charge in [0.15, 0.2) is 0 Å². The number of anilines is 2. The van der Waals surface area contributed by atoms with Gasteiger partial charge in [0.25, 0.3) is 0 Å². The number of thiophene rings is 1. The standard InChI is InChI=1S/C27H35N3O6S2/c1-6-7-11-21(31)28-17-9-8-10-18(14-17)37-16-22(32)29-24-23(25(33)35-5)19-12-13-30(15-20(19)38-24)26(34)36-27(2,3)4/h8-10,14H,6-7,11-13,15-16H2,1-5H3,(H,28,31)(H,29,32). The van der Waals surface area contributed by atoms with Crippen molar-refractivity contribution in [2.45, 2.75) is 70.4 Å². The monoisotopic (exact) mass is 561 g/mol. The average Bonchev–Trinajstić information content (AvgIpc) is 3.21. The minimum atomic E-state index is -0.610. The second-order valence-corrected chi connectivity index (χ2v) is 12.0. The van der Waals surface area contributed by atoms with Crippen LogP contribution in [-0.4, -0.2) is 53.8 Å². The quantitative estimate of drug-likeness (QED) is 0.299. The summed E-state index contributed by atoms with van der Waals surface area (Å²) in [5, 5.41) is 6.15. The number of amides is 3. The summed E-state index contributed by atoms with van der Waals surface area (Å²) in [6, 6.07) is 7.34. The summed E-state index contributed by atoms with van der Waals surface area (Å²) in [6.07, 6.45) is 2.29. The van der Waals surface area contributed by atoms with Crippen LogP contribution in [0.25, 0.3) is 0 Å². The van der Waals surface area contributed by atoms with E-state index in [1.165, 1.54) is 30.2 Å². The van der Waals surface area contributed by atoms with Crippen LogP contribution in [0.5, 0.6) is 0 Å². The summed E-state index contributed by atoms with van der Waals surface area (Å²) in [4.78, 5) is 53.3. The Kier molecular flexibility index (Phi) is 10.2. The number of hydrogen-bond acceptors (Lipinski definition) is 8. The van der Waals surface area contributed by atoms with Gasteiger partial charge in [-0.05, 0) is 57.4 Å². The van der Waals surface area contributed by atoms with E-state index >= 15 is 0 Å². The number of carbonyl (C=O) groups is 4. The van der Waals surface area contributed by atoms with Gasteiger partial charge in [0.05, 0.1) is 25.0 Å². The maximum atomic E-state index is 12.8. The molecule has 2 N–H and O–H groups in total. The Morgan fingerprint density at radius 1 is 1.13 bits per heavy atom. The molecule has 0 saturated carbocycles. The Morgan fingerprint density at radius 2 is 1.89 bits per heavy atom. The Balaban J connectivity index is 1.66. The van der Waals surface area contributed by atoms with Crippen LogP contribution in [0.3, 0.4) is 0 Å². The zero-order valence-corrected chi connectivity index (χ0v) is 24.1. The van der Waals surface area contributed by atoms with Gasteiger partial charge < -0.3 is 25.0 Å². The van der Waals surface area contributed by atoms with Gasteiger partial charge in [0, 0.05) is 28.4 Å². The van der Waals surface area contributed by atoms with Gasteiger partial charge >= 0.3 is 12.1 Å². The van der Waals surface area contributed by atoms with E-state index < -0.39 is 17.7 Å². The number of carbonyl (C=O) groups excluding carboxylic acids is 4. The lowest BCUT2D eigenvalue weighted by atomic mass is 10.0. The molecule has 0 bridgehead atoms. The van der Waals surface area contributed by atoms with Crippen LogP contribution in [-0.2, 0) is 32.0 Å². The van der Waals surface area contributed by atoms with E-state index in [4.69, 9.17) is 9.47 Å². The number of rotatable bonds is 9. The van der Waals surface area contributed by atoms with Crippen LogP contribution in [0.15, 0.2) is 29.2 Å². The largest absolute Gasteiger partial charge is 0.465 e. The molecule has 2 heterocycles. The first-order valence-corrected chi connectivity index (χ1v) is 14.3. The zero-order valence-electron chi connectivity index (χ0n) is 22.5. The van der Waals surface area contributed by atoms with Crippen molar-refractivity contribution in [3.63, 3.8) is 0 Å². The van der Waals surface area contributed by atoms with E-state index in [-0.39, 0.29) is 17.6 Å². The predicted molar refractivity (Wildman–Crippen MR) is 150 cm³/mol. The summed E-state index contributed by atoms with van der Waals surface area (Å²) >= 11 is 2.60. The fourth-order valence-electron chi connectivity index (χ4n) is 3.83. The number of unbranched alkanes of at least 4 members (excludes halogenated alkanes) is 1. The normalized spacial score (nSPS) is 12.9. The fraction of sp³-hybridized carbons (Fsp3) is 0.481. The fourth-order valence-corrected chi connectivity index (χ4v) is 5.85. The minimum absolute atomic E-state index is 0.0334. The third-order valence-electron chi connectivity index (χ3n) is 5.60. The molecule has 9 nitrogen and oxygen atoms in total. The maximum absolute atomic E-state index is 12.8. The number of benzene rings is 1. The van der Waals surface area contributed by atoms with Crippen molar-refractivity contribution in [1.29, 1.82) is 0 Å². The lowest BCUT2D eigenvalue weighted by molar-refractivity contribution is -0.116. The molecule has 3 amide bonds. The van der Waals surface area contributed by atoms with Crippen LogP contribution >= 0.6 is 23.1 Å². The van der Waals surface area contributed by atoms with Gasteiger partial charge in [-0.2, -0.15) is 0 Å². The Morgan fingerprint density at radius 3 is 2.58 bits per heavy atom. The SMILES string of the molecule is CCCCC(=O)Nc1cccc(SCC(=O)Nc2sc3c(c2C(=O)OC)CCN(C(=O)OC(C)(C)C)C3)c1. The van der Waals surface area contributed by atoms with Crippen LogP contribution in [0, 0.1) is 0 Å². The lowest BCUT2D eigenvalue weighted by Gasteiger charge is -2.30. The summed E-state index contributed by atoms with van der Waals surface area (Å²) in [5.41, 5.74) is 1.20. The average molecular weight is 562 g/mol. The number of hydrogen-bond donors (Lipinski definition) is 2. The molecule has 0 radical (unpaired) electrons. The number of nitrogens with one attached hydrogen (secondary N) is 2. The zero-order chi connectivity index (χ0) is 27.9. The lowest BCUT2D eigenvalue weighted by Crippen LogP contribution is -2.39. The predicted octanol–water partition coefficient (Wildman–Crippen LogP) is 5.69. The number of esters is 1. The highest BCUT2D eigenvalue weighted by atomic mass is 32.2. The van der Waals surface area contributed by atoms with Crippen molar-refractivity contribution in [3.05, 3.63) is 40.3 Å². The number of nitrogens with zero attached hydrogens (tertiary/aromatic N) is 1. The molecule has 206 valence electrons. The van der Waals surface area contributed by atoms with Crippen LogP contribution < -0.4 is 10.6 Å². The number of ether oxygens (including phenoxy) is 2. The summed E-state index contributed by atoms with van der Waals surface area (Å²) < 4.78 is 10.5. The smallest absolute Gasteiger partial charge is 0.410 e. The molecule has 1 aliphatic rings. The van der Waals surface area contributed by atoms with Crippen molar-refractivity contribution in [2.75, 3.05) is 30.0 Å². The minimum Gasteiger partial charge on any atom is -0.465 e. The van der Waals surface area contributed by atoms with Gasteiger partial charge in [-0.1, -0.05) is 19.4 Å². The van der Waals surface area contributed by atoms with E-state index in [9.17, 15) is 19.2 Å². The molecule has 3 rings (SSSR count). The Labute approximate surface area is 231 Å². The third-order valence-corrected chi connectivity index (χ3v) is 7.72. The molecule has 0 fully saturated rings. The van der Waals surface area contributed by atoms with E-state index in [0.717, 1.165) is 28.2 Å². The topological polar surface area (TPSA) is 114 Å². The first-order valence-electron chi connectivity index (χ1n) is 12.5. The molecule has 1 aromatic heterocycles. The summed E-state index contributed by atoms with van der Waals surface area (Å²) in [7, 11) is 1.30. The van der Waals surface area contributed by atoms with Gasteiger partial charge in [0.2, 0.25) is 11.8 Å². The summed E-state index contributed by atoms with van der Waals surface area (Å²) in [5.74, 6) is -0.725. The Hall–Kier alpha value is -3.05. The van der Waals surface area contributed by atoms with Gasteiger partial charge in [-0.15, -0.1) is 23.1 Å². The molecule has 0 atom stereocenters. The molecular weight excluding hydrogens is 526 g/mol. The molecular formula is C27H35N3O6S2. The van der Waals surface area contributed by atoms with Gasteiger partial charge in [0.1, 0.15) is 10.6 Å². The van der Waals surface area contributed by atoms with E-state index in [1.807, 2.05) is 52.0 Å². The highest BCUT2D eigenvalue weighted by molar-refractivity contribution is 8.00. The van der Waals surface area contributed by atoms with E-state index in [0.29, 0.717) is 42.2 Å². The molecule has 0 spiro atoms. The summed E-state index contributed by atoms with van der Waals surface area (Å²) in [6.45, 7) is 8.16. The molecule has 2 aromatic rings. The van der Waals surface area contributed by atoms with Gasteiger partial charge in [-0.3, -0.25) is 9.59 Å². The molecule has 1 aliphatic heterocycles. The van der Waals surface area contributed by atoms with E-state index in [2.05, 4.69) is 10.6 Å². The second kappa shape index (κ2) is 13.1. The van der Waals surface area contributed by atoms with Crippen molar-refractivity contribution < 1.29 is 28.7 Å². The van der Waals surface area contributed by atoms with Crippen LogP contribution in [0.4, 0.5) is 15.5 Å². The van der Waals surface area contributed by atoms with Crippen LogP contribution in [0.1, 0.15) is 67.8 Å². The molecule has 38 heavy (non-hydrogen) atoms. The van der Waals surface area contributed by atoms with Crippen molar-refractivity contribution in [2.24, 2.45) is 0 Å². The number of fused-ring (bicyclic) bond motifs is 1. The number of thioether (sulfide) groups is 1. The number of methoxy groups -OCH3 is 1. The van der Waals surface area contributed by atoms with Crippen molar-refractivity contribution in [1.82, 2.24) is 4.90 Å². The Bertz CT molecular complexity index is 1190. The second-order valence-electron chi connectivity index (χ2n) is 9.87. The van der Waals surface area contributed by atoms with E-state index in [1.54, 1.807) is 4.90 Å². The maximum Gasteiger partial charge on any atom is 0.410 e. The molecule has 0 unspecified atom stereocenters. The van der Waals surface area contributed by atoms with Gasteiger partial charge in [-0.25, -0.2) is 9.59 Å². The molecule has 0 aliphatic carbocycles. The van der Waals surface area contributed by atoms with Crippen molar-refractivity contribution >= 4 is 57.7 Å². The first-order chi connectivity index (χ1) is 18.0.